The van der Waals surface area contributed by atoms with Crippen LogP contribution < -0.4 is 15.7 Å². The van der Waals surface area contributed by atoms with Gasteiger partial charge in [0.05, 0.1) is 10.9 Å². The van der Waals surface area contributed by atoms with Crippen LogP contribution in [-0.2, 0) is 16.0 Å². The molecular formula is C25H32ClNO6. The van der Waals surface area contributed by atoms with Crippen molar-refractivity contribution in [3.05, 3.63) is 39.2 Å². The van der Waals surface area contributed by atoms with E-state index in [0.717, 1.165) is 36.6 Å². The van der Waals surface area contributed by atoms with E-state index in [1.807, 2.05) is 27.7 Å². The van der Waals surface area contributed by atoms with Gasteiger partial charge in [0, 0.05) is 24.1 Å². The summed E-state index contributed by atoms with van der Waals surface area (Å²) >= 11 is 6.39. The van der Waals surface area contributed by atoms with E-state index < -0.39 is 17.3 Å². The largest absolute Gasteiger partial charge is 0.444 e. The number of aryl methyl sites for hydroxylation is 1. The van der Waals surface area contributed by atoms with E-state index >= 15 is 0 Å². The molecule has 2 aromatic rings. The number of nitrogens with one attached hydrogen (secondary N) is 1. The molecule has 1 heterocycles. The summed E-state index contributed by atoms with van der Waals surface area (Å²) in [6.07, 6.45) is 4.11. The Bertz CT molecular complexity index is 1060. The predicted molar refractivity (Wildman–Crippen MR) is 127 cm³/mol. The van der Waals surface area contributed by atoms with Crippen LogP contribution >= 0.6 is 11.6 Å². The number of carbonyl (C=O) groups is 2. The fourth-order valence-electron chi connectivity index (χ4n) is 4.12. The Morgan fingerprint density at radius 3 is 2.48 bits per heavy atom. The summed E-state index contributed by atoms with van der Waals surface area (Å²) in [6.45, 7) is 8.02. The highest BCUT2D eigenvalue weighted by Crippen LogP contribution is 2.34. The molecule has 8 heteroatoms. The lowest BCUT2D eigenvalue weighted by molar-refractivity contribution is -0.140. The first-order valence-electron chi connectivity index (χ1n) is 11.5. The molecule has 180 valence electrons. The number of hydrogen-bond acceptors (Lipinski definition) is 6. The van der Waals surface area contributed by atoms with Crippen molar-refractivity contribution >= 4 is 34.6 Å². The van der Waals surface area contributed by atoms with Crippen LogP contribution in [-0.4, -0.2) is 24.2 Å². The van der Waals surface area contributed by atoms with Gasteiger partial charge >= 0.3 is 17.7 Å². The van der Waals surface area contributed by atoms with Gasteiger partial charge in [-0.05, 0) is 70.4 Å². The summed E-state index contributed by atoms with van der Waals surface area (Å²) in [6, 6.07) is 4.68. The highest BCUT2D eigenvalue weighted by Gasteiger charge is 2.29. The molecular weight excluding hydrogens is 446 g/mol. The van der Waals surface area contributed by atoms with E-state index in [4.69, 9.17) is 25.5 Å². The van der Waals surface area contributed by atoms with Crippen molar-refractivity contribution in [1.29, 1.82) is 0 Å². The van der Waals surface area contributed by atoms with Gasteiger partial charge < -0.3 is 19.2 Å². The zero-order chi connectivity index (χ0) is 24.2. The van der Waals surface area contributed by atoms with Gasteiger partial charge in [-0.1, -0.05) is 24.9 Å². The third kappa shape index (κ3) is 6.97. The average molecular weight is 478 g/mol. The molecule has 0 radical (unpaired) electrons. The lowest BCUT2D eigenvalue weighted by Gasteiger charge is -2.28. The highest BCUT2D eigenvalue weighted by molar-refractivity contribution is 6.33. The number of fused-ring (bicyclic) bond motifs is 1. The number of ether oxygens (including phenoxy) is 2. The minimum atomic E-state index is -0.532. The molecule has 0 bridgehead atoms. The first kappa shape index (κ1) is 25.1. The zero-order valence-corrected chi connectivity index (χ0v) is 20.4. The normalized spacial score (nSPS) is 18.7. The van der Waals surface area contributed by atoms with Crippen molar-refractivity contribution in [3.63, 3.8) is 0 Å². The van der Waals surface area contributed by atoms with Gasteiger partial charge in [0.25, 0.3) is 0 Å². The minimum absolute atomic E-state index is 0.194. The topological polar surface area (TPSA) is 94.8 Å². The van der Waals surface area contributed by atoms with Gasteiger partial charge in [0.15, 0.2) is 5.75 Å². The third-order valence-electron chi connectivity index (χ3n) is 5.73. The first-order chi connectivity index (χ1) is 15.6. The smallest absolute Gasteiger partial charge is 0.407 e. The molecule has 1 fully saturated rings. The number of carbonyl (C=O) groups excluding carboxylic acids is 2. The van der Waals surface area contributed by atoms with Gasteiger partial charge in [-0.15, -0.1) is 0 Å². The lowest BCUT2D eigenvalue weighted by atomic mass is 9.82. The second-order valence-corrected chi connectivity index (χ2v) is 10.0. The first-order valence-corrected chi connectivity index (χ1v) is 11.9. The maximum atomic E-state index is 12.8. The molecule has 1 amide bonds. The molecule has 1 N–H and O–H groups in total. The zero-order valence-electron chi connectivity index (χ0n) is 19.7. The molecule has 0 aliphatic heterocycles. The molecule has 1 aliphatic carbocycles. The van der Waals surface area contributed by atoms with Crippen LogP contribution in [0.25, 0.3) is 11.0 Å². The maximum Gasteiger partial charge on any atom is 0.407 e. The summed E-state index contributed by atoms with van der Waals surface area (Å²) in [4.78, 5) is 36.5. The van der Waals surface area contributed by atoms with Crippen molar-refractivity contribution in [1.82, 2.24) is 5.32 Å². The average Bonchev–Trinajstić information content (AvgIpc) is 2.72. The standard InChI is InChI=1S/C25H32ClNO6/c1-5-6-17-11-22(28)31-20-13-21(19(26)12-18(17)20)32-23(29)16-9-7-15(8-10-16)14-27-24(30)33-25(2,3)4/h11-13,15-16H,5-10,14H2,1-4H3,(H,27,30). The van der Waals surface area contributed by atoms with Crippen LogP contribution in [0.4, 0.5) is 4.79 Å². The van der Waals surface area contributed by atoms with Gasteiger partial charge in [-0.3, -0.25) is 4.79 Å². The molecule has 1 saturated carbocycles. The predicted octanol–water partition coefficient (Wildman–Crippen LogP) is 5.64. The third-order valence-corrected chi connectivity index (χ3v) is 6.02. The number of benzene rings is 1. The summed E-state index contributed by atoms with van der Waals surface area (Å²) in [5.41, 5.74) is 0.246. The summed E-state index contributed by atoms with van der Waals surface area (Å²) in [7, 11) is 0. The van der Waals surface area contributed by atoms with Gasteiger partial charge in [0.2, 0.25) is 0 Å². The summed E-state index contributed by atoms with van der Waals surface area (Å²) in [5.74, 6) is -0.105. The molecule has 3 rings (SSSR count). The maximum absolute atomic E-state index is 12.8. The molecule has 0 saturated heterocycles. The Morgan fingerprint density at radius 2 is 1.85 bits per heavy atom. The number of halogens is 1. The van der Waals surface area contributed by atoms with Crippen molar-refractivity contribution < 1.29 is 23.5 Å². The van der Waals surface area contributed by atoms with Crippen LogP contribution in [0.5, 0.6) is 5.75 Å². The Labute approximate surface area is 198 Å². The molecule has 0 spiro atoms. The molecule has 0 atom stereocenters. The lowest BCUT2D eigenvalue weighted by Crippen LogP contribution is -2.36. The van der Waals surface area contributed by atoms with Crippen molar-refractivity contribution in [3.8, 4) is 5.75 Å². The number of amides is 1. The Hall–Kier alpha value is -2.54. The monoisotopic (exact) mass is 477 g/mol. The Balaban J connectivity index is 1.58. The SMILES string of the molecule is CCCc1cc(=O)oc2cc(OC(=O)C3CCC(CNC(=O)OC(C)(C)C)CC3)c(Cl)cc12. The Morgan fingerprint density at radius 1 is 1.15 bits per heavy atom. The van der Waals surface area contributed by atoms with Crippen molar-refractivity contribution in [2.24, 2.45) is 11.8 Å². The van der Waals surface area contributed by atoms with Gasteiger partial charge in [-0.25, -0.2) is 9.59 Å². The van der Waals surface area contributed by atoms with Crippen LogP contribution in [0.1, 0.15) is 65.4 Å². The van der Waals surface area contributed by atoms with E-state index in [-0.39, 0.29) is 23.6 Å². The van der Waals surface area contributed by atoms with E-state index in [9.17, 15) is 14.4 Å². The summed E-state index contributed by atoms with van der Waals surface area (Å²) in [5, 5.41) is 3.86. The van der Waals surface area contributed by atoms with Crippen LogP contribution in [0.3, 0.4) is 0 Å². The van der Waals surface area contributed by atoms with Gasteiger partial charge in [-0.2, -0.15) is 0 Å². The molecule has 0 unspecified atom stereocenters. The van der Waals surface area contributed by atoms with Crippen molar-refractivity contribution in [2.45, 2.75) is 71.8 Å². The summed E-state index contributed by atoms with van der Waals surface area (Å²) < 4.78 is 16.2. The molecule has 7 nitrogen and oxygen atoms in total. The quantitative estimate of drug-likeness (QED) is 0.329. The van der Waals surface area contributed by atoms with E-state index in [1.54, 1.807) is 6.07 Å². The van der Waals surface area contributed by atoms with Crippen molar-refractivity contribution in [2.75, 3.05) is 6.54 Å². The number of rotatable bonds is 6. The van der Waals surface area contributed by atoms with Crippen LogP contribution in [0.15, 0.2) is 27.4 Å². The molecule has 1 aromatic heterocycles. The molecule has 1 aliphatic rings. The fourth-order valence-corrected chi connectivity index (χ4v) is 4.32. The van der Waals surface area contributed by atoms with E-state index in [1.165, 1.54) is 12.1 Å². The second-order valence-electron chi connectivity index (χ2n) is 9.64. The van der Waals surface area contributed by atoms with Gasteiger partial charge in [0.1, 0.15) is 11.2 Å². The second kappa shape index (κ2) is 10.6. The number of alkyl carbamates (subject to hydrolysis) is 1. The molecule has 33 heavy (non-hydrogen) atoms. The Kier molecular flexibility index (Phi) is 8.05. The number of hydrogen-bond donors (Lipinski definition) is 1. The van der Waals surface area contributed by atoms with Crippen LogP contribution in [0, 0.1) is 11.8 Å². The number of esters is 1. The molecule has 1 aromatic carbocycles. The van der Waals surface area contributed by atoms with Crippen LogP contribution in [0.2, 0.25) is 5.02 Å². The minimum Gasteiger partial charge on any atom is -0.444 e. The highest BCUT2D eigenvalue weighted by atomic mass is 35.5. The van der Waals surface area contributed by atoms with E-state index in [0.29, 0.717) is 30.0 Å². The fraction of sp³-hybridized carbons (Fsp3) is 0.560. The van der Waals surface area contributed by atoms with E-state index in [2.05, 4.69) is 5.32 Å².